The fourth-order valence-electron chi connectivity index (χ4n) is 2.73. The van der Waals surface area contributed by atoms with E-state index in [0.29, 0.717) is 18.0 Å². The van der Waals surface area contributed by atoms with Crippen LogP contribution < -0.4 is 20.1 Å². The molecule has 3 rings (SSSR count). The van der Waals surface area contributed by atoms with Crippen LogP contribution in [0.2, 0.25) is 0 Å². The SMILES string of the molecule is COc1ccc(CNc2cc(NCc3ccccc3C)ncn2)cc1OC. The number of hydrogen-bond donors (Lipinski definition) is 2. The van der Waals surface area contributed by atoms with Crippen LogP contribution in [0.5, 0.6) is 11.5 Å². The van der Waals surface area contributed by atoms with Crippen molar-refractivity contribution in [1.29, 1.82) is 0 Å². The topological polar surface area (TPSA) is 68.3 Å². The molecule has 27 heavy (non-hydrogen) atoms. The van der Waals surface area contributed by atoms with Crippen molar-refractivity contribution < 1.29 is 9.47 Å². The molecule has 6 nitrogen and oxygen atoms in total. The van der Waals surface area contributed by atoms with E-state index in [1.54, 1.807) is 20.5 Å². The lowest BCUT2D eigenvalue weighted by atomic mass is 10.1. The lowest BCUT2D eigenvalue weighted by molar-refractivity contribution is 0.354. The van der Waals surface area contributed by atoms with Gasteiger partial charge >= 0.3 is 0 Å². The maximum absolute atomic E-state index is 5.34. The van der Waals surface area contributed by atoms with Crippen LogP contribution in [-0.4, -0.2) is 24.2 Å². The maximum Gasteiger partial charge on any atom is 0.161 e. The maximum atomic E-state index is 5.34. The van der Waals surface area contributed by atoms with Crippen molar-refractivity contribution in [2.75, 3.05) is 24.9 Å². The molecule has 0 spiro atoms. The average Bonchev–Trinajstić information content (AvgIpc) is 2.71. The van der Waals surface area contributed by atoms with Gasteiger partial charge in [0, 0.05) is 19.2 Å². The van der Waals surface area contributed by atoms with E-state index in [2.05, 4.69) is 39.7 Å². The summed E-state index contributed by atoms with van der Waals surface area (Å²) < 4.78 is 10.6. The molecule has 0 aliphatic rings. The van der Waals surface area contributed by atoms with Gasteiger partial charge in [-0.25, -0.2) is 9.97 Å². The third-order valence-corrected chi connectivity index (χ3v) is 4.31. The van der Waals surface area contributed by atoms with Gasteiger partial charge in [-0.15, -0.1) is 0 Å². The zero-order valence-electron chi connectivity index (χ0n) is 15.8. The molecule has 0 bridgehead atoms. The van der Waals surface area contributed by atoms with E-state index < -0.39 is 0 Å². The first-order valence-electron chi connectivity index (χ1n) is 8.75. The Labute approximate surface area is 159 Å². The van der Waals surface area contributed by atoms with Crippen molar-refractivity contribution in [1.82, 2.24) is 9.97 Å². The van der Waals surface area contributed by atoms with Gasteiger partial charge in [-0.3, -0.25) is 0 Å². The average molecular weight is 364 g/mol. The second kappa shape index (κ2) is 8.89. The Balaban J connectivity index is 1.61. The molecule has 0 unspecified atom stereocenters. The fourth-order valence-corrected chi connectivity index (χ4v) is 2.73. The number of rotatable bonds is 8. The van der Waals surface area contributed by atoms with E-state index >= 15 is 0 Å². The lowest BCUT2D eigenvalue weighted by Crippen LogP contribution is -2.06. The van der Waals surface area contributed by atoms with Crippen LogP contribution in [0.25, 0.3) is 0 Å². The minimum Gasteiger partial charge on any atom is -0.493 e. The summed E-state index contributed by atoms with van der Waals surface area (Å²) in [5, 5.41) is 6.66. The monoisotopic (exact) mass is 364 g/mol. The summed E-state index contributed by atoms with van der Waals surface area (Å²) in [6.45, 7) is 3.44. The van der Waals surface area contributed by atoms with Crippen molar-refractivity contribution in [3.05, 3.63) is 71.5 Å². The van der Waals surface area contributed by atoms with Gasteiger partial charge in [-0.05, 0) is 35.7 Å². The smallest absolute Gasteiger partial charge is 0.161 e. The molecule has 6 heteroatoms. The summed E-state index contributed by atoms with van der Waals surface area (Å²) in [5.41, 5.74) is 3.57. The minimum atomic E-state index is 0.620. The second-order valence-corrected chi connectivity index (χ2v) is 6.11. The number of hydrogen-bond acceptors (Lipinski definition) is 6. The number of methoxy groups -OCH3 is 2. The normalized spacial score (nSPS) is 10.3. The third kappa shape index (κ3) is 4.88. The predicted octanol–water partition coefficient (Wildman–Crippen LogP) is 4.03. The Hall–Kier alpha value is -3.28. The molecule has 2 aromatic carbocycles. The number of aromatic nitrogens is 2. The van der Waals surface area contributed by atoms with Gasteiger partial charge in [0.25, 0.3) is 0 Å². The third-order valence-electron chi connectivity index (χ3n) is 4.31. The van der Waals surface area contributed by atoms with Gasteiger partial charge in [0.15, 0.2) is 11.5 Å². The van der Waals surface area contributed by atoms with E-state index in [9.17, 15) is 0 Å². The number of anilines is 2. The van der Waals surface area contributed by atoms with Gasteiger partial charge < -0.3 is 20.1 Å². The molecular formula is C21H24N4O2. The van der Waals surface area contributed by atoms with E-state index in [-0.39, 0.29) is 0 Å². The van der Waals surface area contributed by atoms with Crippen LogP contribution in [0.4, 0.5) is 11.6 Å². The Morgan fingerprint density at radius 3 is 2.22 bits per heavy atom. The predicted molar refractivity (Wildman–Crippen MR) is 107 cm³/mol. The van der Waals surface area contributed by atoms with Crippen LogP contribution >= 0.6 is 0 Å². The molecule has 0 saturated carbocycles. The first kappa shape index (κ1) is 18.5. The van der Waals surface area contributed by atoms with Crippen molar-refractivity contribution in [3.63, 3.8) is 0 Å². The van der Waals surface area contributed by atoms with Crippen LogP contribution in [0.3, 0.4) is 0 Å². The quantitative estimate of drug-likeness (QED) is 0.629. The highest BCUT2D eigenvalue weighted by Crippen LogP contribution is 2.27. The second-order valence-electron chi connectivity index (χ2n) is 6.11. The summed E-state index contributed by atoms with van der Waals surface area (Å²) in [5.74, 6) is 2.96. The Kier molecular flexibility index (Phi) is 6.10. The molecule has 1 aromatic heterocycles. The van der Waals surface area contributed by atoms with Crippen molar-refractivity contribution >= 4 is 11.6 Å². The van der Waals surface area contributed by atoms with Gasteiger partial charge in [0.05, 0.1) is 14.2 Å². The summed E-state index contributed by atoms with van der Waals surface area (Å²) in [7, 11) is 3.26. The molecule has 0 atom stereocenters. The van der Waals surface area contributed by atoms with E-state index in [4.69, 9.17) is 9.47 Å². The zero-order valence-corrected chi connectivity index (χ0v) is 15.8. The minimum absolute atomic E-state index is 0.620. The molecule has 0 saturated heterocycles. The molecule has 140 valence electrons. The fraction of sp³-hybridized carbons (Fsp3) is 0.238. The molecular weight excluding hydrogens is 340 g/mol. The Morgan fingerprint density at radius 2 is 1.52 bits per heavy atom. The van der Waals surface area contributed by atoms with Crippen molar-refractivity contribution in [3.8, 4) is 11.5 Å². The molecule has 0 fully saturated rings. The largest absolute Gasteiger partial charge is 0.493 e. The number of aryl methyl sites for hydroxylation is 1. The lowest BCUT2D eigenvalue weighted by Gasteiger charge is -2.12. The van der Waals surface area contributed by atoms with Crippen molar-refractivity contribution in [2.24, 2.45) is 0 Å². The van der Waals surface area contributed by atoms with Crippen LogP contribution in [0.1, 0.15) is 16.7 Å². The van der Waals surface area contributed by atoms with Crippen LogP contribution in [-0.2, 0) is 13.1 Å². The van der Waals surface area contributed by atoms with Crippen molar-refractivity contribution in [2.45, 2.75) is 20.0 Å². The van der Waals surface area contributed by atoms with E-state index in [0.717, 1.165) is 23.7 Å². The summed E-state index contributed by atoms with van der Waals surface area (Å²) >= 11 is 0. The molecule has 0 aliphatic heterocycles. The standard InChI is InChI=1S/C21H24N4O2/c1-15-6-4-5-7-17(15)13-23-21-11-20(24-14-25-21)22-12-16-8-9-18(26-2)19(10-16)27-3/h4-11,14H,12-13H2,1-3H3,(H2,22,23,24,25). The van der Waals surface area contributed by atoms with Crippen LogP contribution in [0, 0.1) is 6.92 Å². The Bertz CT molecular complexity index is 899. The van der Waals surface area contributed by atoms with Gasteiger partial charge in [0.1, 0.15) is 18.0 Å². The molecule has 0 aliphatic carbocycles. The molecule has 0 amide bonds. The molecule has 0 radical (unpaired) electrons. The first-order valence-corrected chi connectivity index (χ1v) is 8.75. The van der Waals surface area contributed by atoms with Gasteiger partial charge in [-0.1, -0.05) is 30.3 Å². The highest BCUT2D eigenvalue weighted by atomic mass is 16.5. The highest BCUT2D eigenvalue weighted by molar-refractivity contribution is 5.48. The van der Waals surface area contributed by atoms with Crippen LogP contribution in [0.15, 0.2) is 54.9 Å². The number of nitrogens with one attached hydrogen (secondary N) is 2. The molecule has 1 heterocycles. The zero-order chi connectivity index (χ0) is 19.1. The highest BCUT2D eigenvalue weighted by Gasteiger charge is 2.05. The first-order chi connectivity index (χ1) is 13.2. The number of ether oxygens (including phenoxy) is 2. The summed E-state index contributed by atoms with van der Waals surface area (Å²) in [6.07, 6.45) is 1.55. The van der Waals surface area contributed by atoms with E-state index in [1.165, 1.54) is 11.1 Å². The number of benzene rings is 2. The molecule has 3 aromatic rings. The Morgan fingerprint density at radius 1 is 0.815 bits per heavy atom. The molecule has 2 N–H and O–H groups in total. The summed E-state index contributed by atoms with van der Waals surface area (Å²) in [6, 6.07) is 16.0. The van der Waals surface area contributed by atoms with Gasteiger partial charge in [-0.2, -0.15) is 0 Å². The van der Waals surface area contributed by atoms with Gasteiger partial charge in [0.2, 0.25) is 0 Å². The summed E-state index contributed by atoms with van der Waals surface area (Å²) in [4.78, 5) is 8.58. The van der Waals surface area contributed by atoms with E-state index in [1.807, 2.05) is 36.4 Å². The number of nitrogens with zero attached hydrogens (tertiary/aromatic N) is 2.